The molecule has 8 heavy (non-hydrogen) atoms. The Hall–Kier alpha value is 1.90. The standard InChI is InChI=1S/3BrH.4H3N.Rh/h3*1H;4*1H3;/q;;;;;;;+3/p-3. The maximum atomic E-state index is 0. The zero-order valence-electron chi connectivity index (χ0n) is 4.30. The minimum Gasteiger partial charge on any atom is -1.00 e. The summed E-state index contributed by atoms with van der Waals surface area (Å²) >= 11 is 0. The van der Waals surface area contributed by atoms with E-state index in [0.717, 1.165) is 0 Å². The fourth-order valence-electron chi connectivity index (χ4n) is 0. The van der Waals surface area contributed by atoms with Crippen LogP contribution in [0.3, 0.4) is 0 Å². The van der Waals surface area contributed by atoms with E-state index in [1.807, 2.05) is 0 Å². The smallest absolute Gasteiger partial charge is 1.00 e. The molecule has 0 aromatic rings. The second-order valence-electron chi connectivity index (χ2n) is 0. The van der Waals surface area contributed by atoms with Crippen LogP contribution >= 0.6 is 0 Å². The molecule has 0 aliphatic carbocycles. The molecule has 0 spiro atoms. The number of hydrogen-bond acceptors (Lipinski definition) is 4. The molecule has 0 heterocycles. The van der Waals surface area contributed by atoms with Crippen molar-refractivity contribution in [2.24, 2.45) is 0 Å². The van der Waals surface area contributed by atoms with Gasteiger partial charge in [0.2, 0.25) is 0 Å². The fraction of sp³-hybridized carbons (Fsp3) is 0. The van der Waals surface area contributed by atoms with E-state index in [1.54, 1.807) is 0 Å². The van der Waals surface area contributed by atoms with Gasteiger partial charge in [0.1, 0.15) is 0 Å². The van der Waals surface area contributed by atoms with Crippen LogP contribution in [0.2, 0.25) is 0 Å². The Bertz CT molecular complexity index is 11.2. The van der Waals surface area contributed by atoms with E-state index < -0.39 is 0 Å². The maximum absolute atomic E-state index is 0. The van der Waals surface area contributed by atoms with Crippen LogP contribution < -0.4 is 75.5 Å². The number of halogens is 3. The van der Waals surface area contributed by atoms with Crippen molar-refractivity contribution in [3.05, 3.63) is 0 Å². The minimum absolute atomic E-state index is 0. The molecule has 0 aromatic heterocycles. The zero-order valence-corrected chi connectivity index (χ0v) is 10.7. The van der Waals surface area contributed by atoms with Gasteiger partial charge >= 0.3 is 19.5 Å². The first kappa shape index (κ1) is 217. The average molecular weight is 411 g/mol. The van der Waals surface area contributed by atoms with E-state index in [9.17, 15) is 0 Å². The van der Waals surface area contributed by atoms with Gasteiger partial charge < -0.3 is 75.5 Å². The van der Waals surface area contributed by atoms with Gasteiger partial charge in [-0.2, -0.15) is 0 Å². The predicted molar refractivity (Wildman–Crippen MR) is 20.1 cm³/mol. The van der Waals surface area contributed by atoms with Crippen molar-refractivity contribution in [2.75, 3.05) is 0 Å². The second kappa shape index (κ2) is 154. The van der Waals surface area contributed by atoms with Crippen LogP contribution in [0.15, 0.2) is 0 Å². The predicted octanol–water partition coefficient (Wildman–Crippen LogP) is -8.34. The van der Waals surface area contributed by atoms with Crippen molar-refractivity contribution < 1.29 is 70.4 Å². The molecule has 62 valence electrons. The Morgan fingerprint density at radius 2 is 0.375 bits per heavy atom. The SMILES string of the molecule is N.N.N.N.[Br-].[Br-].[Br-].[Rh+3]. The fourth-order valence-corrected chi connectivity index (χ4v) is 0. The van der Waals surface area contributed by atoms with Gasteiger partial charge in [0.05, 0.1) is 0 Å². The summed E-state index contributed by atoms with van der Waals surface area (Å²) in [5, 5.41) is 0. The topological polar surface area (TPSA) is 140 Å². The van der Waals surface area contributed by atoms with Crippen LogP contribution in [-0.4, -0.2) is 0 Å². The molecule has 0 atom stereocenters. The van der Waals surface area contributed by atoms with Gasteiger partial charge in [0.25, 0.3) is 0 Å². The van der Waals surface area contributed by atoms with Gasteiger partial charge in [0.15, 0.2) is 0 Å². The molecular weight excluding hydrogens is 399 g/mol. The van der Waals surface area contributed by atoms with E-state index in [0.29, 0.717) is 0 Å². The molecule has 0 amide bonds. The van der Waals surface area contributed by atoms with E-state index in [4.69, 9.17) is 0 Å². The Balaban J connectivity index is 0. The molecule has 0 aromatic carbocycles. The third-order valence-corrected chi connectivity index (χ3v) is 0. The third kappa shape index (κ3) is 104. The summed E-state index contributed by atoms with van der Waals surface area (Å²) in [4.78, 5) is 0. The van der Waals surface area contributed by atoms with Crippen LogP contribution in [-0.2, 0) is 19.5 Å². The second-order valence-corrected chi connectivity index (χ2v) is 0. The molecule has 0 aliphatic rings. The zero-order chi connectivity index (χ0) is 0. The molecular formula is H12Br3N4Rh. The summed E-state index contributed by atoms with van der Waals surface area (Å²) in [7, 11) is 0. The summed E-state index contributed by atoms with van der Waals surface area (Å²) in [5.74, 6) is 0. The minimum atomic E-state index is 0. The Morgan fingerprint density at radius 1 is 0.375 bits per heavy atom. The van der Waals surface area contributed by atoms with Crippen molar-refractivity contribution in [1.82, 2.24) is 24.6 Å². The van der Waals surface area contributed by atoms with E-state index in [2.05, 4.69) is 0 Å². The molecule has 8 heteroatoms. The molecule has 0 rings (SSSR count). The van der Waals surface area contributed by atoms with Gasteiger partial charge in [-0.05, 0) is 0 Å². The summed E-state index contributed by atoms with van der Waals surface area (Å²) in [6.07, 6.45) is 0. The van der Waals surface area contributed by atoms with Gasteiger partial charge in [-0.15, -0.1) is 0 Å². The largest absolute Gasteiger partial charge is 3.00 e. The average Bonchev–Trinajstić information content (AvgIpc) is 0. The molecule has 0 fully saturated rings. The molecule has 0 unspecified atom stereocenters. The van der Waals surface area contributed by atoms with Crippen LogP contribution in [0.25, 0.3) is 0 Å². The van der Waals surface area contributed by atoms with E-state index in [1.165, 1.54) is 0 Å². The van der Waals surface area contributed by atoms with Crippen LogP contribution in [0.1, 0.15) is 0 Å². The summed E-state index contributed by atoms with van der Waals surface area (Å²) in [5.41, 5.74) is 0. The monoisotopic (exact) mass is 408 g/mol. The van der Waals surface area contributed by atoms with Gasteiger partial charge in [-0.1, -0.05) is 0 Å². The molecule has 0 radical (unpaired) electrons. The molecule has 0 saturated carbocycles. The summed E-state index contributed by atoms with van der Waals surface area (Å²) in [6, 6.07) is 0. The summed E-state index contributed by atoms with van der Waals surface area (Å²) < 4.78 is 0. The van der Waals surface area contributed by atoms with Crippen LogP contribution in [0, 0.1) is 0 Å². The van der Waals surface area contributed by atoms with E-state index in [-0.39, 0.29) is 95.0 Å². The van der Waals surface area contributed by atoms with Crippen molar-refractivity contribution >= 4 is 0 Å². The first-order chi connectivity index (χ1) is 0. The Labute approximate surface area is 94.3 Å². The first-order valence-electron chi connectivity index (χ1n) is 0. The molecule has 0 saturated heterocycles. The van der Waals surface area contributed by atoms with Gasteiger partial charge in [-0.25, -0.2) is 0 Å². The maximum Gasteiger partial charge on any atom is 3.00 e. The van der Waals surface area contributed by atoms with Gasteiger partial charge in [0, 0.05) is 0 Å². The van der Waals surface area contributed by atoms with Crippen molar-refractivity contribution in [2.45, 2.75) is 0 Å². The Kier molecular flexibility index (Phi) is 4160. The van der Waals surface area contributed by atoms with Gasteiger partial charge in [-0.3, -0.25) is 0 Å². The van der Waals surface area contributed by atoms with Crippen LogP contribution in [0.5, 0.6) is 0 Å². The molecule has 4 nitrogen and oxygen atoms in total. The van der Waals surface area contributed by atoms with Crippen molar-refractivity contribution in [3.63, 3.8) is 0 Å². The molecule has 12 N–H and O–H groups in total. The summed E-state index contributed by atoms with van der Waals surface area (Å²) in [6.45, 7) is 0. The van der Waals surface area contributed by atoms with E-state index >= 15 is 0 Å². The molecule has 0 aliphatic heterocycles. The van der Waals surface area contributed by atoms with Crippen molar-refractivity contribution in [1.29, 1.82) is 0 Å². The van der Waals surface area contributed by atoms with Crippen LogP contribution in [0.4, 0.5) is 0 Å². The first-order valence-corrected chi connectivity index (χ1v) is 0. The quantitative estimate of drug-likeness (QED) is 0.294. The third-order valence-electron chi connectivity index (χ3n) is 0. The normalized spacial score (nSPS) is 0. The van der Waals surface area contributed by atoms with Crippen molar-refractivity contribution in [3.8, 4) is 0 Å². The Morgan fingerprint density at radius 3 is 0.375 bits per heavy atom. The number of hydrogen-bond donors (Lipinski definition) is 4. The number of rotatable bonds is 0. The molecule has 0 bridgehead atoms.